The Balaban J connectivity index is 2.01. The van der Waals surface area contributed by atoms with E-state index in [0.717, 1.165) is 29.2 Å². The maximum absolute atomic E-state index is 5.78. The molecular weight excluding hydrogens is 238 g/mol. The van der Waals surface area contributed by atoms with Crippen molar-refractivity contribution in [3.8, 4) is 5.75 Å². The Morgan fingerprint density at radius 2 is 1.89 bits per heavy atom. The number of aromatic nitrogens is 1. The molecule has 1 heterocycles. The highest BCUT2D eigenvalue weighted by atomic mass is 16.5. The SMILES string of the molecule is CCC(C)c1ccc(OCc2c(C)noc2C)cc1. The number of benzene rings is 1. The summed E-state index contributed by atoms with van der Waals surface area (Å²) in [5.74, 6) is 2.30. The standard InChI is InChI=1S/C16H21NO2/c1-5-11(2)14-6-8-15(9-7-14)18-10-16-12(3)17-19-13(16)4/h6-9,11H,5,10H2,1-4H3. The van der Waals surface area contributed by atoms with E-state index in [-0.39, 0.29) is 0 Å². The Morgan fingerprint density at radius 3 is 2.42 bits per heavy atom. The van der Waals surface area contributed by atoms with Gasteiger partial charge in [-0.2, -0.15) is 0 Å². The molecule has 0 radical (unpaired) electrons. The van der Waals surface area contributed by atoms with Gasteiger partial charge >= 0.3 is 0 Å². The van der Waals surface area contributed by atoms with E-state index >= 15 is 0 Å². The Bertz CT molecular complexity index is 509. The molecule has 3 heteroatoms. The Kier molecular flexibility index (Phi) is 4.25. The fourth-order valence-corrected chi connectivity index (χ4v) is 1.99. The molecule has 1 aromatic heterocycles. The van der Waals surface area contributed by atoms with Gasteiger partial charge in [0.15, 0.2) is 0 Å². The molecule has 0 spiro atoms. The molecule has 19 heavy (non-hydrogen) atoms. The molecule has 2 aromatic rings. The van der Waals surface area contributed by atoms with Crippen molar-refractivity contribution in [3.05, 3.63) is 46.8 Å². The lowest BCUT2D eigenvalue weighted by atomic mass is 9.99. The van der Waals surface area contributed by atoms with Crippen molar-refractivity contribution in [1.29, 1.82) is 0 Å². The van der Waals surface area contributed by atoms with Crippen molar-refractivity contribution in [3.63, 3.8) is 0 Å². The molecule has 0 saturated heterocycles. The second-order valence-electron chi connectivity index (χ2n) is 4.97. The van der Waals surface area contributed by atoms with Crippen LogP contribution < -0.4 is 4.74 Å². The molecule has 0 amide bonds. The van der Waals surface area contributed by atoms with E-state index in [2.05, 4.69) is 31.1 Å². The first-order valence-corrected chi connectivity index (χ1v) is 6.76. The van der Waals surface area contributed by atoms with Crippen LogP contribution in [0.3, 0.4) is 0 Å². The fourth-order valence-electron chi connectivity index (χ4n) is 1.99. The van der Waals surface area contributed by atoms with Crippen molar-refractivity contribution < 1.29 is 9.26 Å². The van der Waals surface area contributed by atoms with Crippen LogP contribution in [0.5, 0.6) is 5.75 Å². The summed E-state index contributed by atoms with van der Waals surface area (Å²) in [6, 6.07) is 8.33. The van der Waals surface area contributed by atoms with E-state index in [4.69, 9.17) is 9.26 Å². The average molecular weight is 259 g/mol. The summed E-state index contributed by atoms with van der Waals surface area (Å²) in [6.07, 6.45) is 1.15. The van der Waals surface area contributed by atoms with Crippen LogP contribution in [0.15, 0.2) is 28.8 Å². The molecule has 0 saturated carbocycles. The predicted octanol–water partition coefficient (Wildman–Crippen LogP) is 4.38. The minimum Gasteiger partial charge on any atom is -0.489 e. The Morgan fingerprint density at radius 1 is 1.21 bits per heavy atom. The highest BCUT2D eigenvalue weighted by Gasteiger charge is 2.09. The predicted molar refractivity (Wildman–Crippen MR) is 75.5 cm³/mol. The van der Waals surface area contributed by atoms with Crippen LogP contribution in [0.2, 0.25) is 0 Å². The smallest absolute Gasteiger partial charge is 0.140 e. The molecule has 0 bridgehead atoms. The van der Waals surface area contributed by atoms with Crippen molar-refractivity contribution in [1.82, 2.24) is 5.16 Å². The second-order valence-corrected chi connectivity index (χ2v) is 4.97. The summed E-state index contributed by atoms with van der Waals surface area (Å²) in [5.41, 5.74) is 3.28. The molecule has 3 nitrogen and oxygen atoms in total. The number of hydrogen-bond acceptors (Lipinski definition) is 3. The zero-order valence-corrected chi connectivity index (χ0v) is 12.1. The molecule has 0 fully saturated rings. The molecule has 0 aliphatic heterocycles. The van der Waals surface area contributed by atoms with E-state index in [1.54, 1.807) is 0 Å². The zero-order valence-electron chi connectivity index (χ0n) is 12.1. The molecule has 2 rings (SSSR count). The molecule has 1 aromatic carbocycles. The molecule has 102 valence electrons. The summed E-state index contributed by atoms with van der Waals surface area (Å²) in [4.78, 5) is 0. The van der Waals surface area contributed by atoms with Crippen LogP contribution in [0.4, 0.5) is 0 Å². The van der Waals surface area contributed by atoms with Gasteiger partial charge in [0, 0.05) is 0 Å². The van der Waals surface area contributed by atoms with Crippen molar-refractivity contribution in [2.24, 2.45) is 0 Å². The molecule has 1 unspecified atom stereocenters. The summed E-state index contributed by atoms with van der Waals surface area (Å²) < 4.78 is 10.9. The second kappa shape index (κ2) is 5.91. The number of aryl methyl sites for hydroxylation is 2. The lowest BCUT2D eigenvalue weighted by molar-refractivity contribution is 0.301. The molecule has 1 atom stereocenters. The Hall–Kier alpha value is -1.77. The van der Waals surface area contributed by atoms with E-state index in [1.807, 2.05) is 26.0 Å². The zero-order chi connectivity index (χ0) is 13.8. The molecule has 0 aliphatic rings. The summed E-state index contributed by atoms with van der Waals surface area (Å²) in [6.45, 7) is 8.78. The number of rotatable bonds is 5. The van der Waals surface area contributed by atoms with Crippen LogP contribution in [0.1, 0.15) is 48.8 Å². The van der Waals surface area contributed by atoms with Crippen LogP contribution in [0.25, 0.3) is 0 Å². The van der Waals surface area contributed by atoms with Gasteiger partial charge in [-0.15, -0.1) is 0 Å². The third-order valence-corrected chi connectivity index (χ3v) is 3.63. The topological polar surface area (TPSA) is 35.3 Å². The fraction of sp³-hybridized carbons (Fsp3) is 0.438. The maximum atomic E-state index is 5.78. The van der Waals surface area contributed by atoms with Crippen LogP contribution in [-0.2, 0) is 6.61 Å². The van der Waals surface area contributed by atoms with Crippen LogP contribution >= 0.6 is 0 Å². The van der Waals surface area contributed by atoms with Crippen molar-refractivity contribution in [2.45, 2.75) is 46.6 Å². The van der Waals surface area contributed by atoms with Crippen LogP contribution in [-0.4, -0.2) is 5.16 Å². The third-order valence-electron chi connectivity index (χ3n) is 3.63. The maximum Gasteiger partial charge on any atom is 0.140 e. The van der Waals surface area contributed by atoms with Gasteiger partial charge in [-0.3, -0.25) is 0 Å². The van der Waals surface area contributed by atoms with Gasteiger partial charge in [-0.25, -0.2) is 0 Å². The largest absolute Gasteiger partial charge is 0.489 e. The quantitative estimate of drug-likeness (QED) is 0.799. The van der Waals surface area contributed by atoms with Gasteiger partial charge in [0.05, 0.1) is 11.3 Å². The third kappa shape index (κ3) is 3.16. The minimum atomic E-state index is 0.504. The molecule has 0 aliphatic carbocycles. The summed E-state index contributed by atoms with van der Waals surface area (Å²) in [5, 5.41) is 3.92. The molecular formula is C16H21NO2. The first kappa shape index (κ1) is 13.7. The highest BCUT2D eigenvalue weighted by Crippen LogP contribution is 2.22. The normalized spacial score (nSPS) is 12.4. The first-order valence-electron chi connectivity index (χ1n) is 6.76. The number of ether oxygens (including phenoxy) is 1. The van der Waals surface area contributed by atoms with Gasteiger partial charge in [0.25, 0.3) is 0 Å². The number of nitrogens with zero attached hydrogens (tertiary/aromatic N) is 1. The van der Waals surface area contributed by atoms with Gasteiger partial charge in [0.2, 0.25) is 0 Å². The highest BCUT2D eigenvalue weighted by molar-refractivity contribution is 5.30. The summed E-state index contributed by atoms with van der Waals surface area (Å²) in [7, 11) is 0. The summed E-state index contributed by atoms with van der Waals surface area (Å²) >= 11 is 0. The van der Waals surface area contributed by atoms with Crippen LogP contribution in [0, 0.1) is 13.8 Å². The molecule has 0 N–H and O–H groups in total. The van der Waals surface area contributed by atoms with Gasteiger partial charge < -0.3 is 9.26 Å². The van der Waals surface area contributed by atoms with Gasteiger partial charge in [0.1, 0.15) is 18.1 Å². The Labute approximate surface area is 114 Å². The lowest BCUT2D eigenvalue weighted by Gasteiger charge is -2.10. The van der Waals surface area contributed by atoms with E-state index in [1.165, 1.54) is 5.56 Å². The lowest BCUT2D eigenvalue weighted by Crippen LogP contribution is -1.98. The van der Waals surface area contributed by atoms with Crippen molar-refractivity contribution in [2.75, 3.05) is 0 Å². The monoisotopic (exact) mass is 259 g/mol. The average Bonchev–Trinajstić information content (AvgIpc) is 2.75. The van der Waals surface area contributed by atoms with Gasteiger partial charge in [-0.1, -0.05) is 31.1 Å². The first-order chi connectivity index (χ1) is 9.11. The van der Waals surface area contributed by atoms with E-state index in [9.17, 15) is 0 Å². The minimum absolute atomic E-state index is 0.504. The van der Waals surface area contributed by atoms with E-state index in [0.29, 0.717) is 12.5 Å². The van der Waals surface area contributed by atoms with Crippen molar-refractivity contribution >= 4 is 0 Å². The number of hydrogen-bond donors (Lipinski definition) is 0. The van der Waals surface area contributed by atoms with Gasteiger partial charge in [-0.05, 0) is 43.9 Å². The van der Waals surface area contributed by atoms with E-state index < -0.39 is 0 Å².